The minimum atomic E-state index is -0.942. The molecule has 2 aromatic carbocycles. The van der Waals surface area contributed by atoms with Crippen molar-refractivity contribution >= 4 is 23.0 Å². The molecule has 4 rings (SSSR count). The number of aryl methyl sites for hydroxylation is 1. The smallest absolute Gasteiger partial charge is 0.407 e. The quantitative estimate of drug-likeness (QED) is 0.667. The number of halogens is 1. The second-order valence-electron chi connectivity index (χ2n) is 7.67. The van der Waals surface area contributed by atoms with Gasteiger partial charge in [0.2, 0.25) is 0 Å². The maximum Gasteiger partial charge on any atom is 0.407 e. The summed E-state index contributed by atoms with van der Waals surface area (Å²) in [7, 11) is 0. The second-order valence-corrected chi connectivity index (χ2v) is 7.67. The molecule has 0 saturated heterocycles. The third-order valence-corrected chi connectivity index (χ3v) is 5.54. The summed E-state index contributed by atoms with van der Waals surface area (Å²) in [5.74, 6) is -1.30. The summed E-state index contributed by atoms with van der Waals surface area (Å²) < 4.78 is 21.2. The van der Waals surface area contributed by atoms with Crippen molar-refractivity contribution < 1.29 is 23.8 Å². The number of fused-ring (bicyclic) bond motifs is 3. The molecule has 0 saturated carbocycles. The minimum Gasteiger partial charge on any atom is -0.480 e. The number of rotatable bonds is 5. The number of hydrogen-bond acceptors (Lipinski definition) is 3. The number of ether oxygens (including phenoxy) is 1. The van der Waals surface area contributed by atoms with E-state index >= 15 is 0 Å². The lowest BCUT2D eigenvalue weighted by molar-refractivity contribution is -0.137. The van der Waals surface area contributed by atoms with Gasteiger partial charge in [0, 0.05) is 17.1 Å². The van der Waals surface area contributed by atoms with Crippen molar-refractivity contribution in [2.24, 2.45) is 0 Å². The Morgan fingerprint density at radius 3 is 2.77 bits per heavy atom. The standard InChI is InChI=1S/C23H23FN2O4/c1-14-9-16(24)10-19-18-11-17(7-8-20(18)26(22(14)19)12-21(27)28)25-23(29)30-13-15-5-3-2-4-6-15/h2-6,9-10,17H,7-8,11-13H2,1H3,(H,25,29)(H,27,28)/t17-/m0/s1. The molecule has 1 aliphatic rings. The zero-order valence-corrected chi connectivity index (χ0v) is 16.7. The van der Waals surface area contributed by atoms with Crippen molar-refractivity contribution in [3.8, 4) is 0 Å². The number of carboxylic acid groups (broad SMARTS) is 1. The largest absolute Gasteiger partial charge is 0.480 e. The number of carbonyl (C=O) groups excluding carboxylic acids is 1. The molecule has 0 radical (unpaired) electrons. The normalized spacial score (nSPS) is 15.6. The zero-order chi connectivity index (χ0) is 21.3. The molecule has 6 nitrogen and oxygen atoms in total. The number of nitrogens with zero attached hydrogens (tertiary/aromatic N) is 1. The lowest BCUT2D eigenvalue weighted by Crippen LogP contribution is -2.39. The van der Waals surface area contributed by atoms with Crippen LogP contribution in [0.4, 0.5) is 9.18 Å². The first-order valence-corrected chi connectivity index (χ1v) is 9.91. The Labute approximate surface area is 173 Å². The van der Waals surface area contributed by atoms with E-state index in [1.54, 1.807) is 11.5 Å². The Morgan fingerprint density at radius 1 is 1.27 bits per heavy atom. The van der Waals surface area contributed by atoms with Gasteiger partial charge in [-0.25, -0.2) is 9.18 Å². The van der Waals surface area contributed by atoms with Crippen LogP contribution in [-0.2, 0) is 35.5 Å². The molecule has 2 N–H and O–H groups in total. The molecule has 0 unspecified atom stereocenters. The number of nitrogens with one attached hydrogen (secondary N) is 1. The third kappa shape index (κ3) is 4.01. The first kappa shape index (κ1) is 19.9. The zero-order valence-electron chi connectivity index (χ0n) is 16.7. The number of hydrogen-bond donors (Lipinski definition) is 2. The fourth-order valence-electron chi connectivity index (χ4n) is 4.31. The number of amides is 1. The number of aliphatic carboxylic acids is 1. The highest BCUT2D eigenvalue weighted by molar-refractivity contribution is 5.90. The number of carbonyl (C=O) groups is 2. The fraction of sp³-hybridized carbons (Fsp3) is 0.304. The van der Waals surface area contributed by atoms with Gasteiger partial charge in [0.1, 0.15) is 19.0 Å². The number of benzene rings is 2. The number of alkyl carbamates (subject to hydrolysis) is 1. The van der Waals surface area contributed by atoms with E-state index in [-0.39, 0.29) is 25.0 Å². The van der Waals surface area contributed by atoms with Crippen LogP contribution in [0, 0.1) is 12.7 Å². The summed E-state index contributed by atoms with van der Waals surface area (Å²) in [6, 6.07) is 12.1. The van der Waals surface area contributed by atoms with Crippen LogP contribution in [0.25, 0.3) is 10.9 Å². The topological polar surface area (TPSA) is 80.6 Å². The van der Waals surface area contributed by atoms with Crippen molar-refractivity contribution in [1.29, 1.82) is 0 Å². The number of carboxylic acids is 1. The van der Waals surface area contributed by atoms with Gasteiger partial charge in [-0.3, -0.25) is 4.79 Å². The van der Waals surface area contributed by atoms with E-state index in [1.807, 2.05) is 30.3 Å². The predicted octanol–water partition coefficient (Wildman–Crippen LogP) is 3.96. The molecule has 0 spiro atoms. The molecule has 1 atom stereocenters. The molecular weight excluding hydrogens is 387 g/mol. The Bertz CT molecular complexity index is 1110. The Hall–Kier alpha value is -3.35. The molecule has 1 heterocycles. The summed E-state index contributed by atoms with van der Waals surface area (Å²) in [5.41, 5.74) is 4.15. The van der Waals surface area contributed by atoms with Gasteiger partial charge in [0.25, 0.3) is 0 Å². The fourth-order valence-corrected chi connectivity index (χ4v) is 4.31. The van der Waals surface area contributed by atoms with Crippen LogP contribution in [0.3, 0.4) is 0 Å². The van der Waals surface area contributed by atoms with Gasteiger partial charge in [-0.05, 0) is 55.0 Å². The SMILES string of the molecule is Cc1cc(F)cc2c3c(n(CC(=O)O)c12)CC[C@H](NC(=O)OCc1ccccc1)C3. The Morgan fingerprint density at radius 2 is 2.03 bits per heavy atom. The minimum absolute atomic E-state index is 0.159. The van der Waals surface area contributed by atoms with E-state index < -0.39 is 12.1 Å². The lowest BCUT2D eigenvalue weighted by atomic mass is 9.91. The summed E-state index contributed by atoms with van der Waals surface area (Å²) in [6.45, 7) is 1.80. The van der Waals surface area contributed by atoms with Gasteiger partial charge >= 0.3 is 12.1 Å². The Kier molecular flexibility index (Phi) is 5.44. The molecule has 0 bridgehead atoms. The van der Waals surface area contributed by atoms with Gasteiger partial charge in [-0.15, -0.1) is 0 Å². The van der Waals surface area contributed by atoms with Crippen molar-refractivity contribution in [2.45, 2.75) is 45.4 Å². The highest BCUT2D eigenvalue weighted by Gasteiger charge is 2.28. The van der Waals surface area contributed by atoms with Gasteiger partial charge < -0.3 is 19.7 Å². The van der Waals surface area contributed by atoms with Crippen LogP contribution < -0.4 is 5.32 Å². The monoisotopic (exact) mass is 410 g/mol. The third-order valence-electron chi connectivity index (χ3n) is 5.54. The van der Waals surface area contributed by atoms with Crippen molar-refractivity contribution in [1.82, 2.24) is 9.88 Å². The first-order valence-electron chi connectivity index (χ1n) is 9.91. The van der Waals surface area contributed by atoms with Crippen LogP contribution in [0.15, 0.2) is 42.5 Å². The second kappa shape index (κ2) is 8.18. The number of aromatic nitrogens is 1. The Balaban J connectivity index is 1.54. The van der Waals surface area contributed by atoms with Crippen molar-refractivity contribution in [3.63, 3.8) is 0 Å². The molecule has 1 aromatic heterocycles. The summed E-state index contributed by atoms with van der Waals surface area (Å²) >= 11 is 0. The summed E-state index contributed by atoms with van der Waals surface area (Å²) in [6.07, 6.45) is 1.26. The molecular formula is C23H23FN2O4. The van der Waals surface area contributed by atoms with Crippen LogP contribution >= 0.6 is 0 Å². The van der Waals surface area contributed by atoms with Gasteiger partial charge in [-0.2, -0.15) is 0 Å². The molecule has 156 valence electrons. The van der Waals surface area contributed by atoms with E-state index in [9.17, 15) is 19.1 Å². The van der Waals surface area contributed by atoms with E-state index in [0.717, 1.165) is 22.3 Å². The van der Waals surface area contributed by atoms with Crippen LogP contribution in [-0.4, -0.2) is 27.8 Å². The average molecular weight is 410 g/mol. The molecule has 7 heteroatoms. The van der Waals surface area contributed by atoms with Gasteiger partial charge in [-0.1, -0.05) is 30.3 Å². The van der Waals surface area contributed by atoms with Gasteiger partial charge in [0.15, 0.2) is 0 Å². The highest BCUT2D eigenvalue weighted by Crippen LogP contribution is 2.34. The molecule has 1 amide bonds. The highest BCUT2D eigenvalue weighted by atomic mass is 19.1. The van der Waals surface area contributed by atoms with Crippen LogP contribution in [0.2, 0.25) is 0 Å². The van der Waals surface area contributed by atoms with E-state index in [4.69, 9.17) is 4.74 Å². The predicted molar refractivity (Wildman–Crippen MR) is 110 cm³/mol. The molecule has 0 fully saturated rings. The average Bonchev–Trinajstić information content (AvgIpc) is 3.00. The molecule has 30 heavy (non-hydrogen) atoms. The lowest BCUT2D eigenvalue weighted by Gasteiger charge is -2.24. The summed E-state index contributed by atoms with van der Waals surface area (Å²) in [5, 5.41) is 13.0. The van der Waals surface area contributed by atoms with Gasteiger partial charge in [0.05, 0.1) is 5.52 Å². The van der Waals surface area contributed by atoms with Crippen molar-refractivity contribution in [2.75, 3.05) is 0 Å². The van der Waals surface area contributed by atoms with Crippen LogP contribution in [0.5, 0.6) is 0 Å². The molecule has 0 aliphatic heterocycles. The summed E-state index contributed by atoms with van der Waals surface area (Å²) in [4.78, 5) is 23.6. The van der Waals surface area contributed by atoms with Crippen molar-refractivity contribution in [3.05, 3.63) is 70.7 Å². The first-order chi connectivity index (χ1) is 14.4. The molecule has 1 aliphatic carbocycles. The maximum atomic E-state index is 14.1. The van der Waals surface area contributed by atoms with Crippen LogP contribution in [0.1, 0.15) is 28.8 Å². The van der Waals surface area contributed by atoms with E-state index in [2.05, 4.69) is 5.32 Å². The van der Waals surface area contributed by atoms with E-state index in [0.29, 0.717) is 30.2 Å². The maximum absolute atomic E-state index is 14.1. The van der Waals surface area contributed by atoms with E-state index in [1.165, 1.54) is 12.1 Å². The molecule has 3 aromatic rings.